The summed E-state index contributed by atoms with van der Waals surface area (Å²) in [5, 5.41) is 0. The lowest BCUT2D eigenvalue weighted by Crippen LogP contribution is -2.31. The summed E-state index contributed by atoms with van der Waals surface area (Å²) in [6.45, 7) is 5.43. The predicted octanol–water partition coefficient (Wildman–Crippen LogP) is 0.366. The van der Waals surface area contributed by atoms with Crippen LogP contribution in [0.3, 0.4) is 0 Å². The van der Waals surface area contributed by atoms with Gasteiger partial charge >= 0.3 is 0 Å². The summed E-state index contributed by atoms with van der Waals surface area (Å²) in [7, 11) is 1.89. The topological polar surface area (TPSA) is 29.3 Å². The maximum Gasteiger partial charge on any atom is 0.0733 e. The van der Waals surface area contributed by atoms with E-state index in [9.17, 15) is 0 Å². The zero-order chi connectivity index (χ0) is 5.86. The highest BCUT2D eigenvalue weighted by Crippen LogP contribution is 1.83. The molecule has 0 aliphatic carbocycles. The molecule has 0 bridgehead atoms. The average molecular weight is 100 g/mol. The van der Waals surface area contributed by atoms with Crippen molar-refractivity contribution < 1.29 is 0 Å². The van der Waals surface area contributed by atoms with Gasteiger partial charge in [-0.25, -0.2) is 0 Å². The van der Waals surface area contributed by atoms with Crippen LogP contribution >= 0.6 is 0 Å². The molecule has 2 heteroatoms. The van der Waals surface area contributed by atoms with Crippen LogP contribution in [0, 0.1) is 0 Å². The first-order valence-electron chi connectivity index (χ1n) is 2.28. The second-order valence-electron chi connectivity index (χ2n) is 1.59. The lowest BCUT2D eigenvalue weighted by molar-refractivity contribution is 0.362. The SMILES string of the molecule is C=CN(C)C(C)N. The van der Waals surface area contributed by atoms with Crippen LogP contribution in [0.25, 0.3) is 0 Å². The van der Waals surface area contributed by atoms with Crippen molar-refractivity contribution in [1.82, 2.24) is 4.90 Å². The molecule has 0 fully saturated rings. The number of rotatable bonds is 2. The van der Waals surface area contributed by atoms with E-state index < -0.39 is 0 Å². The minimum Gasteiger partial charge on any atom is -0.366 e. The van der Waals surface area contributed by atoms with E-state index in [0.717, 1.165) is 0 Å². The van der Waals surface area contributed by atoms with E-state index in [2.05, 4.69) is 6.58 Å². The van der Waals surface area contributed by atoms with Crippen molar-refractivity contribution in [2.24, 2.45) is 5.73 Å². The van der Waals surface area contributed by atoms with E-state index >= 15 is 0 Å². The second-order valence-corrected chi connectivity index (χ2v) is 1.59. The van der Waals surface area contributed by atoms with E-state index in [1.54, 1.807) is 6.20 Å². The van der Waals surface area contributed by atoms with E-state index in [4.69, 9.17) is 5.73 Å². The fourth-order valence-electron chi connectivity index (χ4n) is 0.166. The lowest BCUT2D eigenvalue weighted by atomic mass is 10.5. The molecular weight excluding hydrogens is 88.1 g/mol. The molecule has 42 valence electrons. The molecule has 2 N–H and O–H groups in total. The normalized spacial score (nSPS) is 13.0. The highest BCUT2D eigenvalue weighted by molar-refractivity contribution is 4.68. The minimum atomic E-state index is 0.0810. The summed E-state index contributed by atoms with van der Waals surface area (Å²) in [6.07, 6.45) is 1.78. The molecule has 0 saturated heterocycles. The van der Waals surface area contributed by atoms with Crippen molar-refractivity contribution in [3.8, 4) is 0 Å². The van der Waals surface area contributed by atoms with Crippen molar-refractivity contribution >= 4 is 0 Å². The third-order valence-electron chi connectivity index (χ3n) is 0.930. The number of hydrogen-bond acceptors (Lipinski definition) is 2. The van der Waals surface area contributed by atoms with Crippen molar-refractivity contribution in [3.63, 3.8) is 0 Å². The number of nitrogens with two attached hydrogens (primary N) is 1. The first-order valence-corrected chi connectivity index (χ1v) is 2.28. The van der Waals surface area contributed by atoms with Crippen molar-refractivity contribution in [1.29, 1.82) is 0 Å². The zero-order valence-electron chi connectivity index (χ0n) is 4.89. The molecule has 0 spiro atoms. The van der Waals surface area contributed by atoms with E-state index in [1.807, 2.05) is 18.9 Å². The van der Waals surface area contributed by atoms with Gasteiger partial charge in [0, 0.05) is 7.05 Å². The Bertz CT molecular complexity index is 59.1. The predicted molar refractivity (Wildman–Crippen MR) is 31.6 cm³/mol. The highest BCUT2D eigenvalue weighted by Gasteiger charge is 1.91. The van der Waals surface area contributed by atoms with Crippen LogP contribution in [0.1, 0.15) is 6.92 Å². The summed E-state index contributed by atoms with van der Waals surface area (Å²) >= 11 is 0. The van der Waals surface area contributed by atoms with Gasteiger partial charge in [-0.05, 0) is 13.1 Å². The first-order chi connectivity index (χ1) is 3.18. The zero-order valence-corrected chi connectivity index (χ0v) is 4.89. The first kappa shape index (κ1) is 6.50. The van der Waals surface area contributed by atoms with E-state index in [0.29, 0.717) is 0 Å². The maximum atomic E-state index is 5.40. The molecule has 0 aliphatic heterocycles. The molecule has 0 radical (unpaired) electrons. The van der Waals surface area contributed by atoms with Crippen LogP contribution in [0.5, 0.6) is 0 Å². The van der Waals surface area contributed by atoms with Crippen molar-refractivity contribution in [2.75, 3.05) is 7.05 Å². The Morgan fingerprint density at radius 2 is 2.29 bits per heavy atom. The van der Waals surface area contributed by atoms with Crippen LogP contribution in [0.15, 0.2) is 12.8 Å². The third kappa shape index (κ3) is 2.23. The monoisotopic (exact) mass is 100 g/mol. The van der Waals surface area contributed by atoms with Crippen molar-refractivity contribution in [3.05, 3.63) is 12.8 Å². The van der Waals surface area contributed by atoms with Crippen LogP contribution < -0.4 is 5.73 Å². The molecule has 0 amide bonds. The van der Waals surface area contributed by atoms with Gasteiger partial charge in [-0.15, -0.1) is 0 Å². The molecule has 0 heterocycles. The Labute approximate surface area is 44.6 Å². The molecule has 0 aliphatic rings. The molecule has 0 aromatic carbocycles. The molecule has 0 rings (SSSR count). The minimum absolute atomic E-state index is 0.0810. The van der Waals surface area contributed by atoms with E-state index in [-0.39, 0.29) is 6.17 Å². The van der Waals surface area contributed by atoms with Gasteiger partial charge in [0.2, 0.25) is 0 Å². The fourth-order valence-corrected chi connectivity index (χ4v) is 0.166. The van der Waals surface area contributed by atoms with Gasteiger partial charge in [0.1, 0.15) is 0 Å². The Balaban J connectivity index is 3.33. The lowest BCUT2D eigenvalue weighted by Gasteiger charge is -2.16. The van der Waals surface area contributed by atoms with Gasteiger partial charge < -0.3 is 10.6 Å². The van der Waals surface area contributed by atoms with Gasteiger partial charge in [-0.1, -0.05) is 6.58 Å². The Hall–Kier alpha value is -0.500. The standard InChI is InChI=1S/C5H12N2/c1-4-7(3)5(2)6/h4-5H,1,6H2,2-3H3. The van der Waals surface area contributed by atoms with Gasteiger partial charge in [-0.3, -0.25) is 0 Å². The molecular formula is C5H12N2. The van der Waals surface area contributed by atoms with Crippen LogP contribution in [0.4, 0.5) is 0 Å². The quantitative estimate of drug-likeness (QED) is 0.508. The smallest absolute Gasteiger partial charge is 0.0733 e. The molecule has 0 aromatic rings. The van der Waals surface area contributed by atoms with Crippen LogP contribution in [-0.4, -0.2) is 18.1 Å². The average Bonchev–Trinajstić information content (AvgIpc) is 1.65. The summed E-state index contributed by atoms with van der Waals surface area (Å²) in [4.78, 5) is 1.83. The summed E-state index contributed by atoms with van der Waals surface area (Å²) in [5.41, 5.74) is 5.40. The Kier molecular flexibility index (Phi) is 2.45. The molecule has 7 heavy (non-hydrogen) atoms. The van der Waals surface area contributed by atoms with Crippen LogP contribution in [0.2, 0.25) is 0 Å². The second kappa shape index (κ2) is 2.64. The summed E-state index contributed by atoms with van der Waals surface area (Å²) in [6, 6.07) is 0. The Morgan fingerprint density at radius 3 is 2.29 bits per heavy atom. The van der Waals surface area contributed by atoms with Crippen LogP contribution in [-0.2, 0) is 0 Å². The molecule has 1 atom stereocenters. The van der Waals surface area contributed by atoms with Gasteiger partial charge in [0.05, 0.1) is 6.17 Å². The maximum absolute atomic E-state index is 5.40. The summed E-state index contributed by atoms with van der Waals surface area (Å²) in [5.74, 6) is 0. The van der Waals surface area contributed by atoms with Crippen molar-refractivity contribution in [2.45, 2.75) is 13.1 Å². The largest absolute Gasteiger partial charge is 0.366 e. The van der Waals surface area contributed by atoms with Gasteiger partial charge in [0.15, 0.2) is 0 Å². The molecule has 0 aromatic heterocycles. The highest BCUT2D eigenvalue weighted by atomic mass is 15.2. The van der Waals surface area contributed by atoms with E-state index in [1.165, 1.54) is 0 Å². The summed E-state index contributed by atoms with van der Waals surface area (Å²) < 4.78 is 0. The van der Waals surface area contributed by atoms with Gasteiger partial charge in [0.25, 0.3) is 0 Å². The molecule has 0 saturated carbocycles. The molecule has 1 unspecified atom stereocenters. The van der Waals surface area contributed by atoms with Gasteiger partial charge in [-0.2, -0.15) is 0 Å². The molecule has 2 nitrogen and oxygen atoms in total. The Morgan fingerprint density at radius 1 is 1.86 bits per heavy atom. The number of hydrogen-bond donors (Lipinski definition) is 1. The third-order valence-corrected chi connectivity index (χ3v) is 0.930. The number of nitrogens with zero attached hydrogens (tertiary/aromatic N) is 1. The fraction of sp³-hybridized carbons (Fsp3) is 0.600.